The molecule has 0 saturated carbocycles. The van der Waals surface area contributed by atoms with Crippen LogP contribution in [0.1, 0.15) is 20.8 Å². The average Bonchev–Trinajstić information content (AvgIpc) is 2.91. The Hall–Kier alpha value is -0.960. The van der Waals surface area contributed by atoms with Gasteiger partial charge in [-0.05, 0) is 20.8 Å². The fraction of sp³-hybridized carbons (Fsp3) is 0.846. The number of aromatic nitrogens is 2. The van der Waals surface area contributed by atoms with Gasteiger partial charge in [0.15, 0.2) is 0 Å². The summed E-state index contributed by atoms with van der Waals surface area (Å²) in [5.41, 5.74) is -0.0257. The van der Waals surface area contributed by atoms with Crippen LogP contribution in [0.25, 0.3) is 0 Å². The Morgan fingerprint density at radius 3 is 2.76 bits per heavy atom. The van der Waals surface area contributed by atoms with Crippen LogP contribution in [-0.4, -0.2) is 65.0 Å². The molecule has 0 radical (unpaired) electrons. The minimum Gasteiger partial charge on any atom is -0.472 e. The van der Waals surface area contributed by atoms with E-state index in [1.165, 1.54) is 0 Å². The van der Waals surface area contributed by atoms with Crippen LogP contribution >= 0.6 is 11.7 Å². The smallest absolute Gasteiger partial charge is 0.270 e. The SMILES string of the molecule is CC(C)(C)NC[C@@H](O)COc1nsnc1N1CCOCC1. The van der Waals surface area contributed by atoms with Crippen molar-refractivity contribution in [2.45, 2.75) is 32.4 Å². The molecule has 7 nitrogen and oxygen atoms in total. The molecule has 120 valence electrons. The van der Waals surface area contributed by atoms with Crippen molar-refractivity contribution in [2.24, 2.45) is 0 Å². The first kappa shape index (κ1) is 16.4. The van der Waals surface area contributed by atoms with Crippen LogP contribution in [0.15, 0.2) is 0 Å². The Morgan fingerprint density at radius 1 is 1.38 bits per heavy atom. The van der Waals surface area contributed by atoms with Gasteiger partial charge in [-0.25, -0.2) is 0 Å². The van der Waals surface area contributed by atoms with Gasteiger partial charge in [-0.1, -0.05) is 0 Å². The zero-order valence-corrected chi connectivity index (χ0v) is 13.7. The predicted octanol–water partition coefficient (Wildman–Crippen LogP) is 0.502. The van der Waals surface area contributed by atoms with Crippen molar-refractivity contribution < 1.29 is 14.6 Å². The van der Waals surface area contributed by atoms with Gasteiger partial charge in [-0.15, -0.1) is 4.37 Å². The number of ether oxygens (including phenoxy) is 2. The fourth-order valence-corrected chi connectivity index (χ4v) is 2.41. The first-order valence-corrected chi connectivity index (χ1v) is 7.90. The molecule has 0 unspecified atom stereocenters. The molecule has 2 heterocycles. The molecule has 0 aromatic carbocycles. The topological polar surface area (TPSA) is 79.7 Å². The zero-order valence-electron chi connectivity index (χ0n) is 12.8. The largest absolute Gasteiger partial charge is 0.472 e. The highest BCUT2D eigenvalue weighted by molar-refractivity contribution is 6.99. The van der Waals surface area contributed by atoms with E-state index in [0.717, 1.165) is 30.6 Å². The molecule has 1 atom stereocenters. The summed E-state index contributed by atoms with van der Waals surface area (Å²) in [5.74, 6) is 1.25. The molecular formula is C13H24N4O3S. The van der Waals surface area contributed by atoms with Crippen molar-refractivity contribution in [3.05, 3.63) is 0 Å². The van der Waals surface area contributed by atoms with Crippen molar-refractivity contribution in [3.63, 3.8) is 0 Å². The highest BCUT2D eigenvalue weighted by atomic mass is 32.1. The van der Waals surface area contributed by atoms with Gasteiger partial charge in [0, 0.05) is 25.2 Å². The maximum absolute atomic E-state index is 9.95. The molecular weight excluding hydrogens is 292 g/mol. The van der Waals surface area contributed by atoms with Crippen LogP contribution in [0, 0.1) is 0 Å². The van der Waals surface area contributed by atoms with Crippen molar-refractivity contribution in [2.75, 3.05) is 44.4 Å². The molecule has 1 aliphatic heterocycles. The van der Waals surface area contributed by atoms with Crippen molar-refractivity contribution in [1.29, 1.82) is 0 Å². The minimum absolute atomic E-state index is 0.0257. The summed E-state index contributed by atoms with van der Waals surface area (Å²) in [6.45, 7) is 9.81. The number of aliphatic hydroxyl groups excluding tert-OH is 1. The lowest BCUT2D eigenvalue weighted by atomic mass is 10.1. The molecule has 1 aromatic rings. The summed E-state index contributed by atoms with van der Waals surface area (Å²) >= 11 is 1.12. The van der Waals surface area contributed by atoms with Crippen LogP contribution in [0.3, 0.4) is 0 Å². The third-order valence-electron chi connectivity index (χ3n) is 3.03. The maximum Gasteiger partial charge on any atom is 0.270 e. The predicted molar refractivity (Wildman–Crippen MR) is 82.2 cm³/mol. The second-order valence-electron chi connectivity index (χ2n) is 6.09. The normalized spacial score (nSPS) is 17.8. The molecule has 0 aliphatic carbocycles. The highest BCUT2D eigenvalue weighted by Gasteiger charge is 2.21. The molecule has 2 N–H and O–H groups in total. The number of hydrogen-bond acceptors (Lipinski definition) is 8. The first-order valence-electron chi connectivity index (χ1n) is 7.17. The van der Waals surface area contributed by atoms with Crippen molar-refractivity contribution >= 4 is 17.5 Å². The van der Waals surface area contributed by atoms with Gasteiger partial charge >= 0.3 is 0 Å². The summed E-state index contributed by atoms with van der Waals surface area (Å²) in [6.07, 6.45) is -0.580. The molecule has 0 amide bonds. The van der Waals surface area contributed by atoms with Crippen molar-refractivity contribution in [3.8, 4) is 5.88 Å². The molecule has 0 spiro atoms. The summed E-state index contributed by atoms with van der Waals surface area (Å²) in [7, 11) is 0. The Kier molecular flexibility index (Phi) is 5.74. The number of nitrogens with one attached hydrogen (secondary N) is 1. The molecule has 0 bridgehead atoms. The van der Waals surface area contributed by atoms with E-state index in [1.807, 2.05) is 0 Å². The standard InChI is InChI=1S/C13H24N4O3S/c1-13(2,3)14-8-10(18)9-20-12-11(15-21-16-12)17-4-6-19-7-5-17/h10,14,18H,4-9H2,1-3H3/t10-/m1/s1. The third-order valence-corrected chi connectivity index (χ3v) is 3.54. The van der Waals surface area contributed by atoms with E-state index in [0.29, 0.717) is 25.6 Å². The van der Waals surface area contributed by atoms with Gasteiger partial charge < -0.3 is 24.8 Å². The zero-order chi connectivity index (χ0) is 15.3. The van der Waals surface area contributed by atoms with Crippen LogP contribution in [0.2, 0.25) is 0 Å². The van der Waals surface area contributed by atoms with E-state index in [2.05, 4.69) is 39.7 Å². The van der Waals surface area contributed by atoms with Gasteiger partial charge in [0.25, 0.3) is 5.88 Å². The number of β-amino-alcohol motifs (C(OH)–C–C–N with tert-alkyl or cyclic N) is 1. The monoisotopic (exact) mass is 316 g/mol. The second kappa shape index (κ2) is 7.35. The molecule has 21 heavy (non-hydrogen) atoms. The number of nitrogens with zero attached hydrogens (tertiary/aromatic N) is 3. The maximum atomic E-state index is 9.95. The summed E-state index contributed by atoms with van der Waals surface area (Å²) in [6, 6.07) is 0. The van der Waals surface area contributed by atoms with Gasteiger partial charge in [-0.2, -0.15) is 4.37 Å². The lowest BCUT2D eigenvalue weighted by Gasteiger charge is -2.27. The van der Waals surface area contributed by atoms with Gasteiger partial charge in [0.05, 0.1) is 24.9 Å². The van der Waals surface area contributed by atoms with Gasteiger partial charge in [0.2, 0.25) is 5.82 Å². The van der Waals surface area contributed by atoms with Crippen LogP contribution in [0.5, 0.6) is 5.88 Å². The molecule has 1 aromatic heterocycles. The second-order valence-corrected chi connectivity index (χ2v) is 6.62. The third kappa shape index (κ3) is 5.39. The number of aliphatic hydroxyl groups is 1. The number of morpholine rings is 1. The number of rotatable bonds is 6. The fourth-order valence-electron chi connectivity index (χ4n) is 1.89. The molecule has 1 aliphatic rings. The summed E-state index contributed by atoms with van der Waals surface area (Å²) in [5, 5.41) is 13.2. The van der Waals surface area contributed by atoms with E-state index in [-0.39, 0.29) is 12.1 Å². The summed E-state index contributed by atoms with van der Waals surface area (Å²) < 4.78 is 19.4. The number of hydrogen-bond donors (Lipinski definition) is 2. The van der Waals surface area contributed by atoms with Crippen molar-refractivity contribution in [1.82, 2.24) is 14.1 Å². The van der Waals surface area contributed by atoms with E-state index in [4.69, 9.17) is 9.47 Å². The van der Waals surface area contributed by atoms with Crippen LogP contribution in [0.4, 0.5) is 5.82 Å². The van der Waals surface area contributed by atoms with Crippen LogP contribution in [-0.2, 0) is 4.74 Å². The first-order chi connectivity index (χ1) is 9.96. The minimum atomic E-state index is -0.580. The Labute approximate surface area is 129 Å². The lowest BCUT2D eigenvalue weighted by molar-refractivity contribution is 0.0975. The van der Waals surface area contributed by atoms with E-state index < -0.39 is 6.10 Å². The average molecular weight is 316 g/mol. The van der Waals surface area contributed by atoms with E-state index in [1.54, 1.807) is 0 Å². The Balaban J connectivity index is 1.82. The Bertz CT molecular complexity index is 429. The summed E-state index contributed by atoms with van der Waals surface area (Å²) in [4.78, 5) is 2.10. The van der Waals surface area contributed by atoms with E-state index >= 15 is 0 Å². The van der Waals surface area contributed by atoms with E-state index in [9.17, 15) is 5.11 Å². The molecule has 1 fully saturated rings. The lowest BCUT2D eigenvalue weighted by Crippen LogP contribution is -2.42. The molecule has 8 heteroatoms. The quantitative estimate of drug-likeness (QED) is 0.791. The Morgan fingerprint density at radius 2 is 2.10 bits per heavy atom. The van der Waals surface area contributed by atoms with Gasteiger partial charge in [-0.3, -0.25) is 0 Å². The van der Waals surface area contributed by atoms with Crippen LogP contribution < -0.4 is 15.0 Å². The highest BCUT2D eigenvalue weighted by Crippen LogP contribution is 2.26. The van der Waals surface area contributed by atoms with Gasteiger partial charge in [0.1, 0.15) is 12.7 Å². The number of anilines is 1. The molecule has 2 rings (SSSR count). The molecule has 1 saturated heterocycles.